The molecule has 0 saturated carbocycles. The number of nitrogens with zero attached hydrogens (tertiary/aromatic N) is 5. The van der Waals surface area contributed by atoms with Crippen LogP contribution in [-0.4, -0.2) is 24.9 Å². The lowest BCUT2D eigenvalue weighted by atomic mass is 9.90. The van der Waals surface area contributed by atoms with E-state index >= 15 is 0 Å². The van der Waals surface area contributed by atoms with E-state index in [1.54, 1.807) is 12.4 Å². The van der Waals surface area contributed by atoms with Gasteiger partial charge in [-0.15, -0.1) is 0 Å². The molecule has 60 heavy (non-hydrogen) atoms. The Morgan fingerprint density at radius 1 is 0.233 bits per heavy atom. The molecular weight excluding hydrogens is 731 g/mol. The van der Waals surface area contributed by atoms with Crippen LogP contribution in [0, 0.1) is 0 Å². The van der Waals surface area contributed by atoms with Gasteiger partial charge in [-0.3, -0.25) is 0 Å². The maximum Gasteiger partial charge on any atom is 0.164 e. The topological polar surface area (TPSA) is 64.5 Å². The Bertz CT molecular complexity index is 3380. The van der Waals surface area contributed by atoms with Crippen LogP contribution >= 0.6 is 0 Å². The van der Waals surface area contributed by atoms with Crippen molar-refractivity contribution in [1.82, 2.24) is 24.9 Å². The number of hydrogen-bond acceptors (Lipinski definition) is 5. The van der Waals surface area contributed by atoms with E-state index in [-0.39, 0.29) is 0 Å². The fourth-order valence-corrected chi connectivity index (χ4v) is 8.21. The molecule has 0 N–H and O–H groups in total. The highest BCUT2D eigenvalue weighted by molar-refractivity contribution is 6.14. The third-order valence-electron chi connectivity index (χ3n) is 11.2. The minimum atomic E-state index is 0.592. The highest BCUT2D eigenvalue weighted by Crippen LogP contribution is 2.39. The van der Waals surface area contributed by atoms with Crippen molar-refractivity contribution in [3.63, 3.8) is 0 Å². The van der Waals surface area contributed by atoms with Crippen LogP contribution in [0.15, 0.2) is 213 Å². The van der Waals surface area contributed by atoms with Crippen LogP contribution in [0.2, 0.25) is 0 Å². The second-order valence-corrected chi connectivity index (χ2v) is 15.0. The molecule has 280 valence electrons. The quantitative estimate of drug-likeness (QED) is 0.151. The molecule has 0 bridgehead atoms. The van der Waals surface area contributed by atoms with Gasteiger partial charge in [0.2, 0.25) is 0 Å². The van der Waals surface area contributed by atoms with Gasteiger partial charge in [-0.1, -0.05) is 152 Å². The lowest BCUT2D eigenvalue weighted by Gasteiger charge is -2.15. The Balaban J connectivity index is 1.12. The predicted octanol–water partition coefficient (Wildman–Crippen LogP) is 13.8. The first-order valence-corrected chi connectivity index (χ1v) is 20.1. The van der Waals surface area contributed by atoms with E-state index in [0.29, 0.717) is 23.3 Å². The summed E-state index contributed by atoms with van der Waals surface area (Å²) in [5, 5.41) is 7.23. The molecule has 0 atom stereocenters. The first-order chi connectivity index (χ1) is 29.7. The zero-order chi connectivity index (χ0) is 39.8. The molecule has 9 aromatic carbocycles. The SMILES string of the molecule is c1ccc(-c2nc(-c3cc(-c4cccc(-c5ncccn5)c4)cc(-c4cccc(-c5cc6ccccc6c6ccccc56)c4)c3)nc(-c3ccc4ccccc4c3)n2)cc1. The molecule has 0 aliphatic heterocycles. The Labute approximate surface area is 347 Å². The average Bonchev–Trinajstić information content (AvgIpc) is 3.34. The molecule has 0 radical (unpaired) electrons. The van der Waals surface area contributed by atoms with Crippen molar-refractivity contribution in [3.05, 3.63) is 213 Å². The van der Waals surface area contributed by atoms with Crippen LogP contribution in [0.3, 0.4) is 0 Å². The van der Waals surface area contributed by atoms with Gasteiger partial charge in [-0.2, -0.15) is 0 Å². The summed E-state index contributed by atoms with van der Waals surface area (Å²) in [4.78, 5) is 24.6. The summed E-state index contributed by atoms with van der Waals surface area (Å²) in [6.45, 7) is 0. The molecular formula is C55H35N5. The van der Waals surface area contributed by atoms with E-state index in [0.717, 1.165) is 55.5 Å². The first kappa shape index (κ1) is 35.0. The number of aromatic nitrogens is 5. The second kappa shape index (κ2) is 15.0. The predicted molar refractivity (Wildman–Crippen MR) is 246 cm³/mol. The summed E-state index contributed by atoms with van der Waals surface area (Å²) in [6.07, 6.45) is 3.55. The first-order valence-electron chi connectivity index (χ1n) is 20.1. The highest BCUT2D eigenvalue weighted by Gasteiger charge is 2.17. The third kappa shape index (κ3) is 6.64. The second-order valence-electron chi connectivity index (χ2n) is 15.0. The molecule has 11 aromatic rings. The van der Waals surface area contributed by atoms with E-state index in [2.05, 4.69) is 174 Å². The van der Waals surface area contributed by atoms with Gasteiger partial charge in [0.15, 0.2) is 23.3 Å². The smallest absolute Gasteiger partial charge is 0.164 e. The minimum absolute atomic E-state index is 0.592. The maximum absolute atomic E-state index is 5.23. The van der Waals surface area contributed by atoms with Gasteiger partial charge in [0, 0.05) is 34.6 Å². The van der Waals surface area contributed by atoms with E-state index in [1.807, 2.05) is 36.4 Å². The van der Waals surface area contributed by atoms with Gasteiger partial charge >= 0.3 is 0 Å². The van der Waals surface area contributed by atoms with Crippen molar-refractivity contribution in [2.75, 3.05) is 0 Å². The monoisotopic (exact) mass is 765 g/mol. The number of hydrogen-bond donors (Lipinski definition) is 0. The van der Waals surface area contributed by atoms with Crippen LogP contribution < -0.4 is 0 Å². The van der Waals surface area contributed by atoms with Gasteiger partial charge in [-0.25, -0.2) is 24.9 Å². The molecule has 0 aliphatic carbocycles. The van der Waals surface area contributed by atoms with Gasteiger partial charge < -0.3 is 0 Å². The lowest BCUT2D eigenvalue weighted by Crippen LogP contribution is -2.00. The van der Waals surface area contributed by atoms with Crippen LogP contribution in [0.25, 0.3) is 111 Å². The number of benzene rings is 9. The van der Waals surface area contributed by atoms with Crippen molar-refractivity contribution in [2.45, 2.75) is 0 Å². The van der Waals surface area contributed by atoms with Crippen molar-refractivity contribution >= 4 is 32.3 Å². The molecule has 2 aromatic heterocycles. The number of fused-ring (bicyclic) bond motifs is 4. The van der Waals surface area contributed by atoms with Crippen molar-refractivity contribution in [2.24, 2.45) is 0 Å². The molecule has 0 amide bonds. The molecule has 0 unspecified atom stereocenters. The van der Waals surface area contributed by atoms with Crippen LogP contribution in [0.4, 0.5) is 0 Å². The fourth-order valence-electron chi connectivity index (χ4n) is 8.21. The standard InChI is InChI=1S/C55H35N5/c1-2-14-37(15-3-1)53-58-54(44-26-25-36-13-4-5-16-38(36)30-44)60-55(59-53)47-33-45(32-46(34-47)40-19-11-21-43(31-40)52-56-27-12-28-57-52)39-18-10-20-41(29-39)51-35-42-17-6-7-22-48(42)49-23-8-9-24-50(49)51/h1-35H. The Morgan fingerprint density at radius 2 is 0.733 bits per heavy atom. The average molecular weight is 766 g/mol. The molecule has 0 saturated heterocycles. The van der Waals surface area contributed by atoms with Crippen molar-refractivity contribution in [3.8, 4) is 78.9 Å². The Morgan fingerprint density at radius 3 is 1.48 bits per heavy atom. The van der Waals surface area contributed by atoms with E-state index in [4.69, 9.17) is 15.0 Å². The van der Waals surface area contributed by atoms with Crippen LogP contribution in [0.5, 0.6) is 0 Å². The van der Waals surface area contributed by atoms with E-state index in [1.165, 1.54) is 32.5 Å². The number of rotatable bonds is 7. The van der Waals surface area contributed by atoms with Gasteiger partial charge in [0.1, 0.15) is 0 Å². The molecule has 0 aliphatic rings. The Kier molecular flexibility index (Phi) is 8.75. The molecule has 2 heterocycles. The summed E-state index contributed by atoms with van der Waals surface area (Å²) >= 11 is 0. The zero-order valence-corrected chi connectivity index (χ0v) is 32.4. The molecule has 5 heteroatoms. The third-order valence-corrected chi connectivity index (χ3v) is 11.2. The van der Waals surface area contributed by atoms with Crippen molar-refractivity contribution in [1.29, 1.82) is 0 Å². The molecule has 0 spiro atoms. The van der Waals surface area contributed by atoms with Gasteiger partial charge in [-0.05, 0) is 114 Å². The largest absolute Gasteiger partial charge is 0.237 e. The van der Waals surface area contributed by atoms with Gasteiger partial charge in [0.05, 0.1) is 0 Å². The summed E-state index contributed by atoms with van der Waals surface area (Å²) in [6, 6.07) is 70.3. The molecule has 5 nitrogen and oxygen atoms in total. The minimum Gasteiger partial charge on any atom is -0.237 e. The van der Waals surface area contributed by atoms with Crippen LogP contribution in [-0.2, 0) is 0 Å². The lowest BCUT2D eigenvalue weighted by molar-refractivity contribution is 1.07. The fraction of sp³-hybridized carbons (Fsp3) is 0. The molecule has 11 rings (SSSR count). The summed E-state index contributed by atoms with van der Waals surface area (Å²) < 4.78 is 0. The van der Waals surface area contributed by atoms with E-state index < -0.39 is 0 Å². The van der Waals surface area contributed by atoms with E-state index in [9.17, 15) is 0 Å². The normalized spacial score (nSPS) is 11.3. The molecule has 0 fully saturated rings. The summed E-state index contributed by atoms with van der Waals surface area (Å²) in [5.41, 5.74) is 10.2. The van der Waals surface area contributed by atoms with Crippen LogP contribution in [0.1, 0.15) is 0 Å². The highest BCUT2D eigenvalue weighted by atomic mass is 15.0. The summed E-state index contributed by atoms with van der Waals surface area (Å²) in [5.74, 6) is 2.50. The maximum atomic E-state index is 5.23. The Hall–Kier alpha value is -8.15. The summed E-state index contributed by atoms with van der Waals surface area (Å²) in [7, 11) is 0. The zero-order valence-electron chi connectivity index (χ0n) is 32.4. The van der Waals surface area contributed by atoms with Crippen molar-refractivity contribution < 1.29 is 0 Å². The van der Waals surface area contributed by atoms with Gasteiger partial charge in [0.25, 0.3) is 0 Å².